The summed E-state index contributed by atoms with van der Waals surface area (Å²) in [4.78, 5) is 18.5. The quantitative estimate of drug-likeness (QED) is 0.315. The second kappa shape index (κ2) is 9.90. The Balaban J connectivity index is 1.64. The minimum Gasteiger partial charge on any atom is -0.298 e. The van der Waals surface area contributed by atoms with E-state index < -0.39 is 0 Å². The van der Waals surface area contributed by atoms with Crippen molar-refractivity contribution in [2.24, 2.45) is 0 Å². The summed E-state index contributed by atoms with van der Waals surface area (Å²) in [5.74, 6) is 0.617. The number of thioether (sulfide) groups is 1. The molecule has 0 fully saturated rings. The highest BCUT2D eigenvalue weighted by atomic mass is 32.2. The average molecular weight is 441 g/mol. The van der Waals surface area contributed by atoms with Crippen LogP contribution in [0.15, 0.2) is 84.3 Å². The molecule has 0 saturated heterocycles. The Morgan fingerprint density at radius 1 is 1.03 bits per heavy atom. The van der Waals surface area contributed by atoms with Crippen molar-refractivity contribution in [2.45, 2.75) is 12.1 Å². The first kappa shape index (κ1) is 21.3. The van der Waals surface area contributed by atoms with Gasteiger partial charge in [0.05, 0.1) is 11.8 Å². The van der Waals surface area contributed by atoms with Crippen molar-refractivity contribution in [3.05, 3.63) is 84.7 Å². The number of nitriles is 1. The van der Waals surface area contributed by atoms with Crippen molar-refractivity contribution < 1.29 is 4.79 Å². The van der Waals surface area contributed by atoms with Crippen molar-refractivity contribution in [3.8, 4) is 23.1 Å². The molecular formula is C24H20N6OS. The number of amides is 1. The number of hydrogen-bond acceptors (Lipinski definition) is 6. The Kier molecular flexibility index (Phi) is 6.58. The van der Waals surface area contributed by atoms with Gasteiger partial charge < -0.3 is 0 Å². The molecule has 0 radical (unpaired) electrons. The minimum atomic E-state index is -0.174. The molecule has 0 aliphatic heterocycles. The fraction of sp³-hybridized carbons (Fsp3) is 0.125. The van der Waals surface area contributed by atoms with Gasteiger partial charge >= 0.3 is 0 Å². The summed E-state index contributed by atoms with van der Waals surface area (Å²) in [6.07, 6.45) is 3.42. The SMILES string of the molecule is Cc1ccc(-n2c(SCC(=O)N(CC#N)c3ccccc3)nnc2-c2ccncc2)cc1. The third kappa shape index (κ3) is 4.68. The molecule has 158 valence electrons. The number of hydrogen-bond donors (Lipinski definition) is 0. The number of rotatable bonds is 7. The highest BCUT2D eigenvalue weighted by Gasteiger charge is 2.20. The molecule has 0 saturated carbocycles. The van der Waals surface area contributed by atoms with Crippen molar-refractivity contribution in [3.63, 3.8) is 0 Å². The van der Waals surface area contributed by atoms with E-state index in [2.05, 4.69) is 21.3 Å². The van der Waals surface area contributed by atoms with Gasteiger partial charge in [-0.2, -0.15) is 5.26 Å². The maximum absolute atomic E-state index is 13.0. The van der Waals surface area contributed by atoms with Gasteiger partial charge in [-0.15, -0.1) is 10.2 Å². The van der Waals surface area contributed by atoms with Crippen LogP contribution in [0.25, 0.3) is 17.1 Å². The number of aryl methyl sites for hydroxylation is 1. The highest BCUT2D eigenvalue weighted by molar-refractivity contribution is 7.99. The molecule has 4 rings (SSSR count). The number of benzene rings is 2. The van der Waals surface area contributed by atoms with Gasteiger partial charge in [-0.25, -0.2) is 0 Å². The number of aromatic nitrogens is 4. The first-order valence-corrected chi connectivity index (χ1v) is 10.9. The minimum absolute atomic E-state index is 0.0175. The predicted molar refractivity (Wildman–Crippen MR) is 124 cm³/mol. The van der Waals surface area contributed by atoms with E-state index in [9.17, 15) is 10.1 Å². The largest absolute Gasteiger partial charge is 0.298 e. The molecule has 7 nitrogen and oxygen atoms in total. The Morgan fingerprint density at radius 3 is 2.44 bits per heavy atom. The van der Waals surface area contributed by atoms with Crippen LogP contribution in [-0.4, -0.2) is 38.0 Å². The maximum Gasteiger partial charge on any atom is 0.238 e. The zero-order chi connectivity index (χ0) is 22.3. The van der Waals surface area contributed by atoms with Gasteiger partial charge in [0.25, 0.3) is 0 Å². The molecular weight excluding hydrogens is 420 g/mol. The van der Waals surface area contributed by atoms with Crippen LogP contribution in [0.2, 0.25) is 0 Å². The summed E-state index contributed by atoms with van der Waals surface area (Å²) < 4.78 is 1.93. The average Bonchev–Trinajstić information content (AvgIpc) is 3.26. The molecule has 32 heavy (non-hydrogen) atoms. The Labute approximate surface area is 190 Å². The number of anilines is 1. The van der Waals surface area contributed by atoms with E-state index in [1.165, 1.54) is 16.7 Å². The Morgan fingerprint density at radius 2 is 1.75 bits per heavy atom. The summed E-state index contributed by atoms with van der Waals surface area (Å²) in [7, 11) is 0. The standard InChI is InChI=1S/C24H20N6OS/c1-18-7-9-21(10-8-18)30-23(19-11-14-26-15-12-19)27-28-24(30)32-17-22(31)29(16-13-25)20-5-3-2-4-6-20/h2-12,14-15H,16-17H2,1H3. The first-order valence-electron chi connectivity index (χ1n) is 9.95. The van der Waals surface area contributed by atoms with Gasteiger partial charge in [0.15, 0.2) is 11.0 Å². The van der Waals surface area contributed by atoms with E-state index in [1.54, 1.807) is 12.4 Å². The monoisotopic (exact) mass is 440 g/mol. The van der Waals surface area contributed by atoms with Gasteiger partial charge in [0.1, 0.15) is 6.54 Å². The Bertz CT molecular complexity index is 1230. The van der Waals surface area contributed by atoms with Crippen LogP contribution in [0.3, 0.4) is 0 Å². The van der Waals surface area contributed by atoms with E-state index in [0.717, 1.165) is 16.8 Å². The normalized spacial score (nSPS) is 10.5. The van der Waals surface area contributed by atoms with Crippen molar-refractivity contribution in [1.82, 2.24) is 19.7 Å². The van der Waals surface area contributed by atoms with Crippen molar-refractivity contribution >= 4 is 23.4 Å². The van der Waals surface area contributed by atoms with Crippen molar-refractivity contribution in [1.29, 1.82) is 5.26 Å². The summed E-state index contributed by atoms with van der Waals surface area (Å²) in [5, 5.41) is 18.5. The third-order valence-electron chi connectivity index (χ3n) is 4.79. The summed E-state index contributed by atoms with van der Waals surface area (Å²) >= 11 is 1.29. The summed E-state index contributed by atoms with van der Waals surface area (Å²) in [5.41, 5.74) is 3.62. The van der Waals surface area contributed by atoms with E-state index in [0.29, 0.717) is 16.7 Å². The molecule has 0 aliphatic rings. The molecule has 4 aromatic rings. The number of carbonyl (C=O) groups excluding carboxylic acids is 1. The number of para-hydroxylation sites is 1. The molecule has 0 bridgehead atoms. The van der Waals surface area contributed by atoms with Crippen LogP contribution in [-0.2, 0) is 4.79 Å². The molecule has 2 heterocycles. The van der Waals surface area contributed by atoms with Gasteiger partial charge in [0.2, 0.25) is 5.91 Å². The summed E-state index contributed by atoms with van der Waals surface area (Å²) in [6, 6.07) is 23.1. The van der Waals surface area contributed by atoms with Crippen LogP contribution in [0, 0.1) is 18.3 Å². The summed E-state index contributed by atoms with van der Waals surface area (Å²) in [6.45, 7) is 2.01. The van der Waals surface area contributed by atoms with E-state index >= 15 is 0 Å². The topological polar surface area (TPSA) is 87.7 Å². The van der Waals surface area contributed by atoms with Gasteiger partial charge in [0, 0.05) is 29.3 Å². The third-order valence-corrected chi connectivity index (χ3v) is 5.70. The molecule has 1 amide bonds. The lowest BCUT2D eigenvalue weighted by atomic mass is 10.2. The zero-order valence-electron chi connectivity index (χ0n) is 17.4. The number of pyridine rings is 1. The van der Waals surface area contributed by atoms with Crippen LogP contribution in [0.5, 0.6) is 0 Å². The fourth-order valence-corrected chi connectivity index (χ4v) is 4.01. The highest BCUT2D eigenvalue weighted by Crippen LogP contribution is 2.28. The van der Waals surface area contributed by atoms with E-state index in [4.69, 9.17) is 0 Å². The lowest BCUT2D eigenvalue weighted by Crippen LogP contribution is -2.32. The van der Waals surface area contributed by atoms with Crippen LogP contribution >= 0.6 is 11.8 Å². The predicted octanol–water partition coefficient (Wildman–Crippen LogP) is 4.29. The van der Waals surface area contributed by atoms with Crippen molar-refractivity contribution in [2.75, 3.05) is 17.2 Å². The maximum atomic E-state index is 13.0. The smallest absolute Gasteiger partial charge is 0.238 e. The Hall–Kier alpha value is -3.96. The number of carbonyl (C=O) groups is 1. The van der Waals surface area contributed by atoms with E-state index in [1.807, 2.05) is 78.2 Å². The van der Waals surface area contributed by atoms with Crippen LogP contribution in [0.4, 0.5) is 5.69 Å². The molecule has 0 N–H and O–H groups in total. The lowest BCUT2D eigenvalue weighted by Gasteiger charge is -2.19. The molecule has 0 atom stereocenters. The second-order valence-corrected chi connectivity index (χ2v) is 7.92. The van der Waals surface area contributed by atoms with E-state index in [-0.39, 0.29) is 18.2 Å². The van der Waals surface area contributed by atoms with Gasteiger partial charge in [-0.1, -0.05) is 47.7 Å². The molecule has 0 spiro atoms. The van der Waals surface area contributed by atoms with Crippen LogP contribution < -0.4 is 4.90 Å². The lowest BCUT2D eigenvalue weighted by molar-refractivity contribution is -0.116. The molecule has 2 aromatic carbocycles. The van der Waals surface area contributed by atoms with Crippen LogP contribution in [0.1, 0.15) is 5.56 Å². The number of nitrogens with zero attached hydrogens (tertiary/aromatic N) is 6. The second-order valence-electron chi connectivity index (χ2n) is 6.98. The molecule has 2 aromatic heterocycles. The first-order chi connectivity index (χ1) is 15.7. The molecule has 0 unspecified atom stereocenters. The molecule has 8 heteroatoms. The van der Waals surface area contributed by atoms with Gasteiger partial charge in [-0.3, -0.25) is 19.2 Å². The molecule has 0 aliphatic carbocycles. The fourth-order valence-electron chi connectivity index (χ4n) is 3.18. The van der Waals surface area contributed by atoms with Gasteiger partial charge in [-0.05, 0) is 43.3 Å². The zero-order valence-corrected chi connectivity index (χ0v) is 18.2.